The number of ether oxygens (including phenoxy) is 3. The Morgan fingerprint density at radius 2 is 1.17 bits per heavy atom. The van der Waals surface area contributed by atoms with Crippen LogP contribution in [0.1, 0.15) is 18.1 Å². The van der Waals surface area contributed by atoms with Crippen molar-refractivity contribution in [2.24, 2.45) is 0 Å². The van der Waals surface area contributed by atoms with Crippen molar-refractivity contribution in [3.63, 3.8) is 0 Å². The Labute approximate surface area is 169 Å². The molecular weight excluding hydrogens is 376 g/mol. The van der Waals surface area contributed by atoms with Gasteiger partial charge in [-0.15, -0.1) is 0 Å². The van der Waals surface area contributed by atoms with Crippen molar-refractivity contribution in [1.82, 2.24) is 0 Å². The van der Waals surface area contributed by atoms with Crippen LogP contribution in [0.4, 0.5) is 0 Å². The van der Waals surface area contributed by atoms with E-state index in [1.54, 1.807) is 0 Å². The third kappa shape index (κ3) is 5.41. The van der Waals surface area contributed by atoms with Crippen LogP contribution < -0.4 is 0 Å². The Balaban J connectivity index is 1.75. The van der Waals surface area contributed by atoms with E-state index in [4.69, 9.17) is 14.2 Å². The fourth-order valence-corrected chi connectivity index (χ4v) is 3.42. The third-order valence-electron chi connectivity index (χ3n) is 4.89. The Hall–Kier alpha value is -2.29. The molecule has 0 aromatic heterocycles. The SMILES string of the molecule is CC(=O)O[C@@H]1[C@@H](O)[C@H](O)[C@H](OCc2ccccc2)[C@H](O)[C@H]1OCc1ccccc1. The number of hydrogen-bond donors (Lipinski definition) is 3. The molecule has 29 heavy (non-hydrogen) atoms. The van der Waals surface area contributed by atoms with Gasteiger partial charge in [-0.25, -0.2) is 0 Å². The fourth-order valence-electron chi connectivity index (χ4n) is 3.42. The van der Waals surface area contributed by atoms with Crippen LogP contribution in [0.15, 0.2) is 60.7 Å². The van der Waals surface area contributed by atoms with E-state index >= 15 is 0 Å². The number of carbonyl (C=O) groups is 1. The van der Waals surface area contributed by atoms with Crippen LogP contribution in [0, 0.1) is 0 Å². The van der Waals surface area contributed by atoms with Gasteiger partial charge in [0, 0.05) is 6.92 Å². The first-order valence-corrected chi connectivity index (χ1v) is 9.50. The van der Waals surface area contributed by atoms with E-state index in [1.165, 1.54) is 6.92 Å². The van der Waals surface area contributed by atoms with Crippen molar-refractivity contribution in [3.8, 4) is 0 Å². The molecule has 0 radical (unpaired) electrons. The van der Waals surface area contributed by atoms with Crippen molar-refractivity contribution in [2.45, 2.75) is 56.8 Å². The van der Waals surface area contributed by atoms with Crippen molar-refractivity contribution < 1.29 is 34.3 Å². The van der Waals surface area contributed by atoms with E-state index in [1.807, 2.05) is 60.7 Å². The third-order valence-corrected chi connectivity index (χ3v) is 4.89. The number of benzene rings is 2. The summed E-state index contributed by atoms with van der Waals surface area (Å²) in [6, 6.07) is 18.5. The summed E-state index contributed by atoms with van der Waals surface area (Å²) in [6.45, 7) is 1.46. The molecule has 3 N–H and O–H groups in total. The van der Waals surface area contributed by atoms with Crippen molar-refractivity contribution >= 4 is 5.97 Å². The highest BCUT2D eigenvalue weighted by molar-refractivity contribution is 5.66. The molecule has 7 heteroatoms. The van der Waals surface area contributed by atoms with Crippen LogP contribution >= 0.6 is 0 Å². The summed E-state index contributed by atoms with van der Waals surface area (Å²) >= 11 is 0. The lowest BCUT2D eigenvalue weighted by molar-refractivity contribution is -0.256. The number of aliphatic hydroxyl groups is 3. The van der Waals surface area contributed by atoms with E-state index in [9.17, 15) is 20.1 Å². The molecule has 156 valence electrons. The van der Waals surface area contributed by atoms with E-state index in [2.05, 4.69) is 0 Å². The van der Waals surface area contributed by atoms with E-state index in [0.29, 0.717) is 0 Å². The molecule has 3 rings (SSSR count). The predicted octanol–water partition coefficient (Wildman–Crippen LogP) is 1.19. The van der Waals surface area contributed by atoms with E-state index in [-0.39, 0.29) is 13.2 Å². The smallest absolute Gasteiger partial charge is 0.303 e. The highest BCUT2D eigenvalue weighted by Gasteiger charge is 2.52. The van der Waals surface area contributed by atoms with Crippen LogP contribution in [0.5, 0.6) is 0 Å². The number of rotatable bonds is 7. The molecule has 1 saturated carbocycles. The number of aliphatic hydroxyl groups excluding tert-OH is 3. The molecular formula is C22H26O7. The van der Waals surface area contributed by atoms with E-state index in [0.717, 1.165) is 11.1 Å². The minimum Gasteiger partial charge on any atom is -0.457 e. The summed E-state index contributed by atoms with van der Waals surface area (Å²) in [5.74, 6) is -0.648. The molecule has 7 nitrogen and oxygen atoms in total. The summed E-state index contributed by atoms with van der Waals surface area (Å²) in [4.78, 5) is 11.5. The highest BCUT2D eigenvalue weighted by Crippen LogP contribution is 2.29. The predicted molar refractivity (Wildman–Crippen MR) is 104 cm³/mol. The minimum absolute atomic E-state index is 0.133. The lowest BCUT2D eigenvalue weighted by Gasteiger charge is -2.44. The largest absolute Gasteiger partial charge is 0.457 e. The Bertz CT molecular complexity index is 767. The van der Waals surface area contributed by atoms with Crippen molar-refractivity contribution in [1.29, 1.82) is 0 Å². The van der Waals surface area contributed by atoms with Crippen LogP contribution in [-0.2, 0) is 32.2 Å². The maximum Gasteiger partial charge on any atom is 0.303 e. The molecule has 1 aliphatic carbocycles. The zero-order valence-corrected chi connectivity index (χ0v) is 16.1. The molecule has 2 aromatic carbocycles. The molecule has 1 fully saturated rings. The average Bonchev–Trinajstić information content (AvgIpc) is 2.73. The first-order valence-electron chi connectivity index (χ1n) is 9.50. The lowest BCUT2D eigenvalue weighted by Crippen LogP contribution is -2.65. The van der Waals surface area contributed by atoms with Gasteiger partial charge in [0.25, 0.3) is 0 Å². The monoisotopic (exact) mass is 402 g/mol. The first-order chi connectivity index (χ1) is 14.0. The highest BCUT2D eigenvalue weighted by atomic mass is 16.6. The normalized spacial score (nSPS) is 29.4. The van der Waals surface area contributed by atoms with Gasteiger partial charge in [0.05, 0.1) is 13.2 Å². The lowest BCUT2D eigenvalue weighted by atomic mass is 9.84. The van der Waals surface area contributed by atoms with Gasteiger partial charge in [-0.3, -0.25) is 4.79 Å². The maximum absolute atomic E-state index is 11.5. The minimum atomic E-state index is -1.47. The molecule has 0 heterocycles. The first kappa shape index (κ1) is 21.4. The number of carbonyl (C=O) groups excluding carboxylic acids is 1. The Morgan fingerprint density at radius 1 is 0.724 bits per heavy atom. The van der Waals surface area contributed by atoms with Crippen LogP contribution in [-0.4, -0.2) is 57.9 Å². The Morgan fingerprint density at radius 3 is 1.66 bits per heavy atom. The molecule has 0 spiro atoms. The average molecular weight is 402 g/mol. The Kier molecular flexibility index (Phi) is 7.35. The van der Waals surface area contributed by atoms with E-state index < -0.39 is 42.6 Å². The molecule has 0 unspecified atom stereocenters. The molecule has 0 amide bonds. The number of hydrogen-bond acceptors (Lipinski definition) is 7. The topological polar surface area (TPSA) is 105 Å². The van der Waals surface area contributed by atoms with Gasteiger partial charge in [0.2, 0.25) is 0 Å². The summed E-state index contributed by atoms with van der Waals surface area (Å²) < 4.78 is 16.7. The van der Waals surface area contributed by atoms with Crippen molar-refractivity contribution in [2.75, 3.05) is 0 Å². The standard InChI is InChI=1S/C22H26O7/c1-14(23)29-22-18(25)17(24)20(27-12-15-8-4-2-5-9-15)19(26)21(22)28-13-16-10-6-3-7-11-16/h2-11,17-22,24-26H,12-13H2,1H3/t17-,18-,19-,20-,21+,22+/m0/s1. The second kappa shape index (κ2) is 9.96. The molecule has 0 saturated heterocycles. The summed E-state index contributed by atoms with van der Waals surface area (Å²) in [7, 11) is 0. The van der Waals surface area contributed by atoms with Crippen LogP contribution in [0.3, 0.4) is 0 Å². The second-order valence-electron chi connectivity index (χ2n) is 7.07. The fraction of sp³-hybridized carbons (Fsp3) is 0.409. The quantitative estimate of drug-likeness (QED) is 0.598. The van der Waals surface area contributed by atoms with Gasteiger partial charge in [-0.1, -0.05) is 60.7 Å². The second-order valence-corrected chi connectivity index (χ2v) is 7.07. The summed E-state index contributed by atoms with van der Waals surface area (Å²) in [6.07, 6.45) is -7.64. The zero-order valence-electron chi connectivity index (χ0n) is 16.1. The summed E-state index contributed by atoms with van der Waals surface area (Å²) in [5.41, 5.74) is 1.70. The number of esters is 1. The van der Waals surface area contributed by atoms with Gasteiger partial charge in [0.15, 0.2) is 6.10 Å². The molecule has 0 bridgehead atoms. The molecule has 1 aliphatic rings. The molecule has 6 atom stereocenters. The van der Waals surface area contributed by atoms with Gasteiger partial charge in [0.1, 0.15) is 30.5 Å². The molecule has 2 aromatic rings. The van der Waals surface area contributed by atoms with Crippen LogP contribution in [0.25, 0.3) is 0 Å². The summed E-state index contributed by atoms with van der Waals surface area (Å²) in [5, 5.41) is 31.9. The van der Waals surface area contributed by atoms with Gasteiger partial charge < -0.3 is 29.5 Å². The van der Waals surface area contributed by atoms with Crippen LogP contribution in [0.2, 0.25) is 0 Å². The van der Waals surface area contributed by atoms with Gasteiger partial charge in [-0.2, -0.15) is 0 Å². The zero-order chi connectivity index (χ0) is 20.8. The van der Waals surface area contributed by atoms with Crippen molar-refractivity contribution in [3.05, 3.63) is 71.8 Å². The maximum atomic E-state index is 11.5. The van der Waals surface area contributed by atoms with Gasteiger partial charge >= 0.3 is 5.97 Å². The van der Waals surface area contributed by atoms with Gasteiger partial charge in [-0.05, 0) is 11.1 Å². The molecule has 0 aliphatic heterocycles.